The van der Waals surface area contributed by atoms with Crippen LogP contribution in [0.1, 0.15) is 69.6 Å². The molecule has 0 spiro atoms. The molecule has 2 amide bonds. The van der Waals surface area contributed by atoms with Crippen molar-refractivity contribution in [3.63, 3.8) is 0 Å². The minimum atomic E-state index is -1.12. The lowest BCUT2D eigenvalue weighted by molar-refractivity contribution is 0.0669. The second kappa shape index (κ2) is 10.5. The first-order valence-electron chi connectivity index (χ1n) is 11.6. The van der Waals surface area contributed by atoms with E-state index in [1.807, 2.05) is 4.90 Å². The van der Waals surface area contributed by atoms with Crippen LogP contribution in [0.15, 0.2) is 42.6 Å². The number of hydrogen-bond acceptors (Lipinski definition) is 5. The number of amides is 2. The fourth-order valence-corrected chi connectivity index (χ4v) is 4.16. The van der Waals surface area contributed by atoms with Crippen molar-refractivity contribution < 1.29 is 19.5 Å². The van der Waals surface area contributed by atoms with E-state index in [-0.39, 0.29) is 22.9 Å². The van der Waals surface area contributed by atoms with E-state index in [1.54, 1.807) is 41.4 Å². The van der Waals surface area contributed by atoms with E-state index in [0.29, 0.717) is 31.1 Å². The lowest BCUT2D eigenvalue weighted by Crippen LogP contribution is -2.48. The molecular weight excluding hydrogens is 420 g/mol. The predicted octanol–water partition coefficient (Wildman–Crippen LogP) is 3.40. The van der Waals surface area contributed by atoms with Gasteiger partial charge in [-0.25, -0.2) is 9.78 Å². The second-order valence-corrected chi connectivity index (χ2v) is 8.78. The second-order valence-electron chi connectivity index (χ2n) is 8.78. The Morgan fingerprint density at radius 3 is 2.52 bits per heavy atom. The molecule has 1 aliphatic carbocycles. The van der Waals surface area contributed by atoms with Crippen molar-refractivity contribution in [3.05, 3.63) is 59.3 Å². The van der Waals surface area contributed by atoms with Gasteiger partial charge in [0.25, 0.3) is 11.8 Å². The molecule has 174 valence electrons. The van der Waals surface area contributed by atoms with Gasteiger partial charge in [-0.2, -0.15) is 0 Å². The zero-order valence-electron chi connectivity index (χ0n) is 18.7. The van der Waals surface area contributed by atoms with Crippen LogP contribution in [0, 0.1) is 5.92 Å². The summed E-state index contributed by atoms with van der Waals surface area (Å²) in [4.78, 5) is 44.9. The largest absolute Gasteiger partial charge is 0.478 e. The first-order valence-corrected chi connectivity index (χ1v) is 11.6. The van der Waals surface area contributed by atoms with Gasteiger partial charge in [0, 0.05) is 25.8 Å². The Kier molecular flexibility index (Phi) is 7.22. The quantitative estimate of drug-likeness (QED) is 0.568. The highest BCUT2D eigenvalue weighted by Crippen LogP contribution is 2.33. The summed E-state index contributed by atoms with van der Waals surface area (Å²) in [5.74, 6) is 0.0493. The maximum atomic E-state index is 13.0. The fourth-order valence-electron chi connectivity index (χ4n) is 4.16. The third-order valence-electron chi connectivity index (χ3n) is 6.23. The molecule has 0 unspecified atom stereocenters. The van der Waals surface area contributed by atoms with E-state index in [1.165, 1.54) is 25.3 Å². The van der Waals surface area contributed by atoms with Gasteiger partial charge in [-0.15, -0.1) is 0 Å². The maximum Gasteiger partial charge on any atom is 0.336 e. The van der Waals surface area contributed by atoms with Crippen LogP contribution < -0.4 is 10.2 Å². The van der Waals surface area contributed by atoms with Gasteiger partial charge in [-0.3, -0.25) is 9.59 Å². The molecule has 1 aromatic heterocycles. The summed E-state index contributed by atoms with van der Waals surface area (Å²) in [6, 6.07) is 9.81. The van der Waals surface area contributed by atoms with Gasteiger partial charge in [0.15, 0.2) is 0 Å². The molecule has 1 saturated heterocycles. The number of carboxylic acid groups (broad SMARTS) is 1. The highest BCUT2D eigenvalue weighted by atomic mass is 16.4. The zero-order chi connectivity index (χ0) is 23.2. The molecule has 8 heteroatoms. The number of hydrogen-bond donors (Lipinski definition) is 2. The zero-order valence-corrected chi connectivity index (χ0v) is 18.7. The summed E-state index contributed by atoms with van der Waals surface area (Å²) in [7, 11) is 0. The molecule has 1 aliphatic heterocycles. The molecule has 0 atom stereocenters. The number of nitrogens with zero attached hydrogens (tertiary/aromatic N) is 3. The topological polar surface area (TPSA) is 103 Å². The lowest BCUT2D eigenvalue weighted by Gasteiger charge is -2.36. The summed E-state index contributed by atoms with van der Waals surface area (Å²) in [6.45, 7) is 2.26. The molecule has 2 heterocycles. The Hall–Kier alpha value is -3.42. The molecular formula is C25H30N4O4. The Morgan fingerprint density at radius 1 is 1.03 bits per heavy atom. The Morgan fingerprint density at radius 2 is 1.82 bits per heavy atom. The van der Waals surface area contributed by atoms with Crippen molar-refractivity contribution in [1.82, 2.24) is 15.2 Å². The molecule has 2 fully saturated rings. The Bertz CT molecular complexity index is 1000. The minimum Gasteiger partial charge on any atom is -0.478 e. The van der Waals surface area contributed by atoms with E-state index in [4.69, 9.17) is 0 Å². The standard InChI is InChI=1S/C25H30N4O4/c30-23(26-13-4-3-6-18-9-10-18)19-11-12-22(27-16-19)28-14-5-15-29(17-28)24(31)20-7-1-2-8-21(20)25(32)33/h1-2,7-8,11-12,16,18H,3-6,9-10,13-15,17H2,(H,26,30)(H,32,33). The third kappa shape index (κ3) is 5.88. The molecule has 4 rings (SSSR count). The van der Waals surface area contributed by atoms with E-state index < -0.39 is 5.97 Å². The Labute approximate surface area is 193 Å². The molecule has 0 radical (unpaired) electrons. The number of benzene rings is 1. The predicted molar refractivity (Wildman–Crippen MR) is 124 cm³/mol. The van der Waals surface area contributed by atoms with Gasteiger partial charge in [0.05, 0.1) is 23.4 Å². The van der Waals surface area contributed by atoms with Crippen molar-refractivity contribution in [2.45, 2.75) is 38.5 Å². The smallest absolute Gasteiger partial charge is 0.336 e. The van der Waals surface area contributed by atoms with Crippen molar-refractivity contribution in [1.29, 1.82) is 0 Å². The SMILES string of the molecule is O=C(NCCCCC1CC1)c1ccc(N2CCCN(C(=O)c3ccccc3C(=O)O)C2)nc1. The van der Waals surface area contributed by atoms with Crippen molar-refractivity contribution in [2.24, 2.45) is 5.92 Å². The number of rotatable bonds is 9. The van der Waals surface area contributed by atoms with E-state index in [9.17, 15) is 19.5 Å². The number of nitrogens with one attached hydrogen (secondary N) is 1. The van der Waals surface area contributed by atoms with Crippen LogP contribution in [0.5, 0.6) is 0 Å². The fraction of sp³-hybridized carbons (Fsp3) is 0.440. The molecule has 2 aromatic rings. The van der Waals surface area contributed by atoms with E-state index in [2.05, 4.69) is 10.3 Å². The minimum absolute atomic E-state index is 0.000605. The van der Waals surface area contributed by atoms with E-state index >= 15 is 0 Å². The molecule has 1 aromatic carbocycles. The molecule has 2 aliphatic rings. The first-order chi connectivity index (χ1) is 16.0. The summed E-state index contributed by atoms with van der Waals surface area (Å²) >= 11 is 0. The highest BCUT2D eigenvalue weighted by Gasteiger charge is 2.26. The number of carbonyl (C=O) groups excluding carboxylic acids is 2. The number of carbonyl (C=O) groups is 3. The first kappa shape index (κ1) is 22.8. The maximum absolute atomic E-state index is 13.0. The summed E-state index contributed by atoms with van der Waals surface area (Å²) < 4.78 is 0. The van der Waals surface area contributed by atoms with Crippen LogP contribution in [0.25, 0.3) is 0 Å². The summed E-state index contributed by atoms with van der Waals surface area (Å²) in [5, 5.41) is 12.3. The summed E-state index contributed by atoms with van der Waals surface area (Å²) in [5.41, 5.74) is 0.700. The normalized spacial score (nSPS) is 15.9. The van der Waals surface area contributed by atoms with Crippen molar-refractivity contribution in [2.75, 3.05) is 31.2 Å². The molecule has 1 saturated carbocycles. The number of anilines is 1. The van der Waals surface area contributed by atoms with Crippen LogP contribution >= 0.6 is 0 Å². The van der Waals surface area contributed by atoms with E-state index in [0.717, 1.165) is 31.7 Å². The Balaban J connectivity index is 1.33. The average Bonchev–Trinajstić information content (AvgIpc) is 3.68. The van der Waals surface area contributed by atoms with Crippen molar-refractivity contribution in [3.8, 4) is 0 Å². The molecule has 0 bridgehead atoms. The number of aromatic carboxylic acids is 1. The number of unbranched alkanes of at least 4 members (excludes halogenated alkanes) is 1. The van der Waals surface area contributed by atoms with Gasteiger partial charge < -0.3 is 20.2 Å². The number of aromatic nitrogens is 1. The average molecular weight is 451 g/mol. The van der Waals surface area contributed by atoms with Gasteiger partial charge in [-0.05, 0) is 43.0 Å². The van der Waals surface area contributed by atoms with Crippen LogP contribution in [0.2, 0.25) is 0 Å². The van der Waals surface area contributed by atoms with Crippen LogP contribution in [0.3, 0.4) is 0 Å². The van der Waals surface area contributed by atoms with Crippen LogP contribution in [-0.4, -0.2) is 59.1 Å². The monoisotopic (exact) mass is 450 g/mol. The van der Waals surface area contributed by atoms with Gasteiger partial charge in [0.1, 0.15) is 5.82 Å². The van der Waals surface area contributed by atoms with Gasteiger partial charge in [-0.1, -0.05) is 37.8 Å². The number of pyridine rings is 1. The summed E-state index contributed by atoms with van der Waals surface area (Å²) in [6.07, 6.45) is 8.45. The number of carboxylic acids is 1. The van der Waals surface area contributed by atoms with Crippen molar-refractivity contribution >= 4 is 23.6 Å². The highest BCUT2D eigenvalue weighted by molar-refractivity contribution is 6.04. The van der Waals surface area contributed by atoms with Gasteiger partial charge in [0.2, 0.25) is 0 Å². The molecule has 8 nitrogen and oxygen atoms in total. The third-order valence-corrected chi connectivity index (χ3v) is 6.23. The van der Waals surface area contributed by atoms with Gasteiger partial charge >= 0.3 is 5.97 Å². The molecule has 33 heavy (non-hydrogen) atoms. The van der Waals surface area contributed by atoms with Crippen LogP contribution in [-0.2, 0) is 0 Å². The van der Waals surface area contributed by atoms with Crippen LogP contribution in [0.4, 0.5) is 5.82 Å². The molecule has 2 N–H and O–H groups in total. The lowest BCUT2D eigenvalue weighted by atomic mass is 10.1.